The second-order valence-electron chi connectivity index (χ2n) is 7.03. The lowest BCUT2D eigenvalue weighted by Crippen LogP contribution is -2.28. The number of rotatable bonds is 3. The van der Waals surface area contributed by atoms with Crippen molar-refractivity contribution in [1.82, 2.24) is 9.78 Å². The lowest BCUT2D eigenvalue weighted by Gasteiger charge is -2.16. The smallest absolute Gasteiger partial charge is 0.268 e. The normalized spacial score (nSPS) is 13.3. The summed E-state index contributed by atoms with van der Waals surface area (Å²) in [6.07, 6.45) is 0.893. The number of anilines is 1. The van der Waals surface area contributed by atoms with Gasteiger partial charge in [0.25, 0.3) is 5.91 Å². The summed E-state index contributed by atoms with van der Waals surface area (Å²) in [6, 6.07) is 16.5. The molecule has 1 aliphatic heterocycles. The first-order valence-electron chi connectivity index (χ1n) is 9.21. The van der Waals surface area contributed by atoms with Crippen LogP contribution in [0.2, 0.25) is 0 Å². The van der Waals surface area contributed by atoms with Gasteiger partial charge in [0.2, 0.25) is 0 Å². The average molecular weight is 391 g/mol. The zero-order chi connectivity index (χ0) is 19.3. The second kappa shape index (κ2) is 6.56. The van der Waals surface area contributed by atoms with Crippen LogP contribution < -0.4 is 4.90 Å². The molecule has 0 saturated carbocycles. The van der Waals surface area contributed by atoms with Crippen molar-refractivity contribution in [3.8, 4) is 0 Å². The van der Waals surface area contributed by atoms with Crippen molar-refractivity contribution in [3.63, 3.8) is 0 Å². The van der Waals surface area contributed by atoms with Gasteiger partial charge in [0.05, 0.1) is 17.1 Å². The predicted octanol–water partition coefficient (Wildman–Crippen LogP) is 4.80. The van der Waals surface area contributed by atoms with E-state index in [1.165, 1.54) is 29.0 Å². The Morgan fingerprint density at radius 2 is 1.96 bits per heavy atom. The van der Waals surface area contributed by atoms with Crippen LogP contribution in [0.15, 0.2) is 54.6 Å². The molecule has 4 aromatic rings. The van der Waals surface area contributed by atoms with E-state index < -0.39 is 0 Å². The number of hydrogen-bond acceptors (Lipinski definition) is 3. The minimum atomic E-state index is -0.250. The second-order valence-corrected chi connectivity index (χ2v) is 8.07. The number of para-hydroxylation sites is 1. The molecule has 3 heterocycles. The topological polar surface area (TPSA) is 38.1 Å². The Hall–Kier alpha value is -2.99. The van der Waals surface area contributed by atoms with Crippen molar-refractivity contribution in [1.29, 1.82) is 0 Å². The summed E-state index contributed by atoms with van der Waals surface area (Å²) < 4.78 is 15.1. The summed E-state index contributed by atoms with van der Waals surface area (Å²) >= 11 is 1.47. The van der Waals surface area contributed by atoms with Gasteiger partial charge in [0.1, 0.15) is 10.6 Å². The highest BCUT2D eigenvalue weighted by Gasteiger charge is 2.27. The van der Waals surface area contributed by atoms with E-state index in [0.29, 0.717) is 13.1 Å². The molecule has 2 aromatic carbocycles. The first kappa shape index (κ1) is 17.1. The SMILES string of the molecule is Cc1nn(Cc2ccc(F)cc2)c2sc(C(=O)N3CCc4ccccc43)cc12. The summed E-state index contributed by atoms with van der Waals surface area (Å²) in [4.78, 5) is 16.7. The van der Waals surface area contributed by atoms with Gasteiger partial charge in [-0.2, -0.15) is 5.10 Å². The molecule has 0 bridgehead atoms. The summed E-state index contributed by atoms with van der Waals surface area (Å²) in [5.74, 6) is -0.209. The van der Waals surface area contributed by atoms with Gasteiger partial charge in [-0.05, 0) is 48.7 Å². The number of halogens is 1. The van der Waals surface area contributed by atoms with E-state index in [1.807, 2.05) is 40.8 Å². The summed E-state index contributed by atoms with van der Waals surface area (Å²) in [6.45, 7) is 3.22. The Bertz CT molecular complexity index is 1190. The van der Waals surface area contributed by atoms with Gasteiger partial charge in [-0.3, -0.25) is 9.48 Å². The van der Waals surface area contributed by atoms with Crippen molar-refractivity contribution < 1.29 is 9.18 Å². The number of amides is 1. The minimum absolute atomic E-state index is 0.0406. The molecule has 140 valence electrons. The molecular weight excluding hydrogens is 373 g/mol. The van der Waals surface area contributed by atoms with Crippen LogP contribution in [0.1, 0.15) is 26.5 Å². The van der Waals surface area contributed by atoms with Gasteiger partial charge < -0.3 is 4.90 Å². The number of carbonyl (C=O) groups is 1. The third-order valence-electron chi connectivity index (χ3n) is 5.20. The number of carbonyl (C=O) groups excluding carboxylic acids is 1. The first-order valence-corrected chi connectivity index (χ1v) is 10.0. The molecule has 0 unspecified atom stereocenters. The van der Waals surface area contributed by atoms with Crippen LogP contribution in [0, 0.1) is 12.7 Å². The third kappa shape index (κ3) is 2.81. The van der Waals surface area contributed by atoms with E-state index >= 15 is 0 Å². The van der Waals surface area contributed by atoms with Crippen molar-refractivity contribution in [2.45, 2.75) is 19.9 Å². The Labute approximate surface area is 165 Å². The van der Waals surface area contributed by atoms with Crippen LogP contribution in [-0.2, 0) is 13.0 Å². The quantitative estimate of drug-likeness (QED) is 0.503. The van der Waals surface area contributed by atoms with Crippen molar-refractivity contribution >= 4 is 33.1 Å². The van der Waals surface area contributed by atoms with Crippen molar-refractivity contribution in [3.05, 3.63) is 82.1 Å². The molecule has 6 heteroatoms. The minimum Gasteiger partial charge on any atom is -0.307 e. The predicted molar refractivity (Wildman–Crippen MR) is 110 cm³/mol. The Balaban J connectivity index is 1.49. The van der Waals surface area contributed by atoms with E-state index in [4.69, 9.17) is 0 Å². The Morgan fingerprint density at radius 1 is 1.18 bits per heavy atom. The van der Waals surface area contributed by atoms with E-state index in [1.54, 1.807) is 12.1 Å². The van der Waals surface area contributed by atoms with Gasteiger partial charge in [-0.25, -0.2) is 4.39 Å². The van der Waals surface area contributed by atoms with Crippen LogP contribution in [0.5, 0.6) is 0 Å². The van der Waals surface area contributed by atoms with Crippen LogP contribution in [0.4, 0.5) is 10.1 Å². The van der Waals surface area contributed by atoms with Gasteiger partial charge in [0, 0.05) is 17.6 Å². The number of aromatic nitrogens is 2. The van der Waals surface area contributed by atoms with E-state index in [9.17, 15) is 9.18 Å². The molecule has 0 atom stereocenters. The summed E-state index contributed by atoms with van der Waals surface area (Å²) in [7, 11) is 0. The van der Waals surface area contributed by atoms with Gasteiger partial charge in [0.15, 0.2) is 0 Å². The Morgan fingerprint density at radius 3 is 2.79 bits per heavy atom. The van der Waals surface area contributed by atoms with Crippen LogP contribution in [0.3, 0.4) is 0 Å². The van der Waals surface area contributed by atoms with Crippen LogP contribution >= 0.6 is 11.3 Å². The maximum absolute atomic E-state index is 13.2. The maximum Gasteiger partial charge on any atom is 0.268 e. The van der Waals surface area contributed by atoms with Crippen molar-refractivity contribution in [2.75, 3.05) is 11.4 Å². The fraction of sp³-hybridized carbons (Fsp3) is 0.182. The number of fused-ring (bicyclic) bond motifs is 2. The molecule has 5 rings (SSSR count). The largest absolute Gasteiger partial charge is 0.307 e. The molecule has 0 saturated heterocycles. The number of thiophene rings is 1. The highest BCUT2D eigenvalue weighted by atomic mass is 32.1. The van der Waals surface area contributed by atoms with Crippen LogP contribution in [-0.4, -0.2) is 22.2 Å². The maximum atomic E-state index is 13.2. The highest BCUT2D eigenvalue weighted by Crippen LogP contribution is 2.33. The molecule has 28 heavy (non-hydrogen) atoms. The molecule has 0 aliphatic carbocycles. The molecular formula is C22H18FN3OS. The van der Waals surface area contributed by atoms with Gasteiger partial charge in [-0.15, -0.1) is 11.3 Å². The molecule has 1 aliphatic rings. The van der Waals surface area contributed by atoms with E-state index in [-0.39, 0.29) is 11.7 Å². The number of nitrogens with zero attached hydrogens (tertiary/aromatic N) is 3. The summed E-state index contributed by atoms with van der Waals surface area (Å²) in [5, 5.41) is 5.61. The molecule has 0 radical (unpaired) electrons. The standard InChI is InChI=1S/C22H18FN3OS/c1-14-18-12-20(21(27)25-11-10-16-4-2-3-5-19(16)25)28-22(18)26(24-14)13-15-6-8-17(23)9-7-15/h2-9,12H,10-11,13H2,1H3. The van der Waals surface area contributed by atoms with Crippen LogP contribution in [0.25, 0.3) is 10.2 Å². The molecule has 4 nitrogen and oxygen atoms in total. The highest BCUT2D eigenvalue weighted by molar-refractivity contribution is 7.20. The molecule has 1 amide bonds. The van der Waals surface area contributed by atoms with E-state index in [2.05, 4.69) is 11.2 Å². The Kier molecular flexibility index (Phi) is 4.02. The van der Waals surface area contributed by atoms with E-state index in [0.717, 1.165) is 38.5 Å². The molecule has 2 aromatic heterocycles. The molecule has 0 N–H and O–H groups in total. The zero-order valence-corrected chi connectivity index (χ0v) is 16.2. The molecule has 0 spiro atoms. The average Bonchev–Trinajstić information content (AvgIpc) is 3.39. The zero-order valence-electron chi connectivity index (χ0n) is 15.4. The monoisotopic (exact) mass is 391 g/mol. The molecule has 0 fully saturated rings. The van der Waals surface area contributed by atoms with Crippen molar-refractivity contribution in [2.24, 2.45) is 0 Å². The van der Waals surface area contributed by atoms with Gasteiger partial charge in [-0.1, -0.05) is 30.3 Å². The third-order valence-corrected chi connectivity index (χ3v) is 6.33. The lowest BCUT2D eigenvalue weighted by atomic mass is 10.2. The fourth-order valence-electron chi connectivity index (χ4n) is 3.77. The number of benzene rings is 2. The number of hydrogen-bond donors (Lipinski definition) is 0. The lowest BCUT2D eigenvalue weighted by molar-refractivity contribution is 0.0993. The first-order chi connectivity index (χ1) is 13.6. The summed E-state index contributed by atoms with van der Waals surface area (Å²) in [5.41, 5.74) is 4.10. The fourth-order valence-corrected chi connectivity index (χ4v) is 4.88. The number of aryl methyl sites for hydroxylation is 1. The van der Waals surface area contributed by atoms with Gasteiger partial charge >= 0.3 is 0 Å².